The highest BCUT2D eigenvalue weighted by Crippen LogP contribution is 2.31. The van der Waals surface area contributed by atoms with Gasteiger partial charge in [-0.15, -0.1) is 0 Å². The molecule has 0 aromatic heterocycles. The number of phenols is 1. The van der Waals surface area contributed by atoms with Crippen LogP contribution in [-0.4, -0.2) is 28.8 Å². The van der Waals surface area contributed by atoms with Crippen molar-refractivity contribution in [3.63, 3.8) is 0 Å². The average molecular weight is 228 g/mol. The van der Waals surface area contributed by atoms with E-state index in [2.05, 4.69) is 0 Å². The molecule has 1 aliphatic rings. The number of hydrogen-bond donors (Lipinski definition) is 2. The zero-order chi connectivity index (χ0) is 11.0. The van der Waals surface area contributed by atoms with Crippen LogP contribution in [0.3, 0.4) is 0 Å². The van der Waals surface area contributed by atoms with Gasteiger partial charge in [0.15, 0.2) is 0 Å². The van der Waals surface area contributed by atoms with Gasteiger partial charge in [0.1, 0.15) is 5.75 Å². The van der Waals surface area contributed by atoms with Crippen LogP contribution < -0.4 is 4.90 Å². The second-order valence-corrected chi connectivity index (χ2v) is 3.91. The number of phenolic OH excluding ortho intramolecular Hbond substituents is 1. The van der Waals surface area contributed by atoms with E-state index >= 15 is 0 Å². The van der Waals surface area contributed by atoms with Crippen molar-refractivity contribution < 1.29 is 15.0 Å². The van der Waals surface area contributed by atoms with Crippen molar-refractivity contribution in [2.45, 2.75) is 12.5 Å². The van der Waals surface area contributed by atoms with Crippen molar-refractivity contribution in [3.05, 3.63) is 23.2 Å². The van der Waals surface area contributed by atoms with Crippen LogP contribution in [0.5, 0.6) is 5.75 Å². The van der Waals surface area contributed by atoms with Gasteiger partial charge in [-0.05, 0) is 12.1 Å². The van der Waals surface area contributed by atoms with E-state index in [0.29, 0.717) is 10.7 Å². The number of amides is 1. The number of carbonyl (C=O) groups is 1. The van der Waals surface area contributed by atoms with Crippen molar-refractivity contribution in [2.75, 3.05) is 11.4 Å². The molecular formula is C10H10ClNO3. The fraction of sp³-hybridized carbons (Fsp3) is 0.300. The summed E-state index contributed by atoms with van der Waals surface area (Å²) in [7, 11) is 0. The maximum atomic E-state index is 11.5. The smallest absolute Gasteiger partial charge is 0.229 e. The molecule has 80 valence electrons. The van der Waals surface area contributed by atoms with Crippen LogP contribution in [0.4, 0.5) is 5.69 Å². The minimum absolute atomic E-state index is 0.0518. The van der Waals surface area contributed by atoms with E-state index in [-0.39, 0.29) is 24.6 Å². The Morgan fingerprint density at radius 3 is 2.73 bits per heavy atom. The Morgan fingerprint density at radius 1 is 1.47 bits per heavy atom. The lowest BCUT2D eigenvalue weighted by atomic mass is 10.3. The Labute approximate surface area is 91.7 Å². The first kappa shape index (κ1) is 10.3. The molecule has 1 aromatic rings. The molecule has 5 heteroatoms. The Bertz CT molecular complexity index is 408. The first-order valence-electron chi connectivity index (χ1n) is 4.55. The number of aliphatic hydroxyl groups is 1. The number of β-amino-alcohol motifs (C(OH)–C–C–N with tert-alkyl or cyclic N) is 1. The standard InChI is InChI=1S/C10H10ClNO3/c11-8-3-6(13)1-2-9(8)12-5-7(14)4-10(12)15/h1-3,7,13-14H,4-5H2. The van der Waals surface area contributed by atoms with Gasteiger partial charge < -0.3 is 15.1 Å². The van der Waals surface area contributed by atoms with Gasteiger partial charge in [0.05, 0.1) is 29.8 Å². The lowest BCUT2D eigenvalue weighted by Gasteiger charge is -2.17. The van der Waals surface area contributed by atoms with E-state index in [1.165, 1.54) is 17.0 Å². The second kappa shape index (κ2) is 3.72. The van der Waals surface area contributed by atoms with Crippen molar-refractivity contribution in [3.8, 4) is 5.75 Å². The predicted octanol–water partition coefficient (Wildman–Crippen LogP) is 1.14. The zero-order valence-corrected chi connectivity index (χ0v) is 8.61. The number of benzene rings is 1. The van der Waals surface area contributed by atoms with Crippen LogP contribution in [-0.2, 0) is 4.79 Å². The van der Waals surface area contributed by atoms with E-state index < -0.39 is 6.10 Å². The van der Waals surface area contributed by atoms with Crippen LogP contribution >= 0.6 is 11.6 Å². The molecule has 1 unspecified atom stereocenters. The molecule has 1 fully saturated rings. The molecular weight excluding hydrogens is 218 g/mol. The Hall–Kier alpha value is -1.26. The van der Waals surface area contributed by atoms with Crippen LogP contribution in [0.15, 0.2) is 18.2 Å². The summed E-state index contributed by atoms with van der Waals surface area (Å²) in [5, 5.41) is 18.8. The Balaban J connectivity index is 2.34. The number of anilines is 1. The maximum Gasteiger partial charge on any atom is 0.229 e. The molecule has 4 nitrogen and oxygen atoms in total. The third-order valence-electron chi connectivity index (χ3n) is 2.33. The molecule has 1 atom stereocenters. The first-order valence-corrected chi connectivity index (χ1v) is 4.92. The summed E-state index contributed by atoms with van der Waals surface area (Å²) >= 11 is 5.89. The molecule has 0 radical (unpaired) electrons. The topological polar surface area (TPSA) is 60.8 Å². The number of rotatable bonds is 1. The molecule has 15 heavy (non-hydrogen) atoms. The monoisotopic (exact) mass is 227 g/mol. The number of hydrogen-bond acceptors (Lipinski definition) is 3. The highest BCUT2D eigenvalue weighted by molar-refractivity contribution is 6.34. The van der Waals surface area contributed by atoms with Gasteiger partial charge >= 0.3 is 0 Å². The second-order valence-electron chi connectivity index (χ2n) is 3.50. The van der Waals surface area contributed by atoms with Gasteiger partial charge in [-0.2, -0.15) is 0 Å². The van der Waals surface area contributed by atoms with Gasteiger partial charge in [0.2, 0.25) is 5.91 Å². The largest absolute Gasteiger partial charge is 0.508 e. The number of carbonyl (C=O) groups excluding carboxylic acids is 1. The lowest BCUT2D eigenvalue weighted by molar-refractivity contribution is -0.117. The number of halogens is 1. The van der Waals surface area contributed by atoms with Crippen LogP contribution in [0.2, 0.25) is 5.02 Å². The zero-order valence-electron chi connectivity index (χ0n) is 7.85. The van der Waals surface area contributed by atoms with Gasteiger partial charge in [-0.3, -0.25) is 4.79 Å². The Kier molecular flexibility index (Phi) is 2.54. The molecule has 1 aromatic carbocycles. The molecule has 1 amide bonds. The Morgan fingerprint density at radius 2 is 2.20 bits per heavy atom. The summed E-state index contributed by atoms with van der Waals surface area (Å²) in [6, 6.07) is 4.39. The molecule has 0 bridgehead atoms. The fourth-order valence-electron chi connectivity index (χ4n) is 1.64. The van der Waals surface area contributed by atoms with E-state index in [4.69, 9.17) is 16.7 Å². The minimum atomic E-state index is -0.637. The van der Waals surface area contributed by atoms with Gasteiger partial charge in [-0.1, -0.05) is 11.6 Å². The van der Waals surface area contributed by atoms with Gasteiger partial charge in [0, 0.05) is 6.07 Å². The van der Waals surface area contributed by atoms with E-state index in [1.807, 2.05) is 0 Å². The number of aliphatic hydroxyl groups excluding tert-OH is 1. The van der Waals surface area contributed by atoms with E-state index in [1.54, 1.807) is 6.07 Å². The molecule has 0 spiro atoms. The third-order valence-corrected chi connectivity index (χ3v) is 2.63. The molecule has 1 saturated heterocycles. The summed E-state index contributed by atoms with van der Waals surface area (Å²) in [6.45, 7) is 0.253. The highest BCUT2D eigenvalue weighted by atomic mass is 35.5. The summed E-state index contributed by atoms with van der Waals surface area (Å²) in [5.74, 6) is -0.106. The third kappa shape index (κ3) is 1.91. The summed E-state index contributed by atoms with van der Waals surface area (Å²) < 4.78 is 0. The van der Waals surface area contributed by atoms with E-state index in [0.717, 1.165) is 0 Å². The minimum Gasteiger partial charge on any atom is -0.508 e. The van der Waals surface area contributed by atoms with Gasteiger partial charge in [-0.25, -0.2) is 0 Å². The van der Waals surface area contributed by atoms with Crippen molar-refractivity contribution in [1.82, 2.24) is 0 Å². The lowest BCUT2D eigenvalue weighted by Crippen LogP contribution is -2.25. The summed E-state index contributed by atoms with van der Waals surface area (Å²) in [4.78, 5) is 12.9. The van der Waals surface area contributed by atoms with Crippen molar-refractivity contribution in [2.24, 2.45) is 0 Å². The number of aromatic hydroxyl groups is 1. The normalized spacial score (nSPS) is 21.1. The number of nitrogens with zero attached hydrogens (tertiary/aromatic N) is 1. The fourth-order valence-corrected chi connectivity index (χ4v) is 1.91. The predicted molar refractivity (Wildman–Crippen MR) is 56.1 cm³/mol. The molecule has 1 heterocycles. The average Bonchev–Trinajstić information content (AvgIpc) is 2.45. The van der Waals surface area contributed by atoms with Gasteiger partial charge in [0.25, 0.3) is 0 Å². The maximum absolute atomic E-state index is 11.5. The highest BCUT2D eigenvalue weighted by Gasteiger charge is 2.30. The molecule has 2 N–H and O–H groups in total. The molecule has 0 aliphatic carbocycles. The molecule has 2 rings (SSSR count). The first-order chi connectivity index (χ1) is 7.08. The van der Waals surface area contributed by atoms with Crippen molar-refractivity contribution >= 4 is 23.2 Å². The van der Waals surface area contributed by atoms with E-state index in [9.17, 15) is 9.90 Å². The molecule has 0 saturated carbocycles. The summed E-state index contributed by atoms with van der Waals surface area (Å²) in [5.41, 5.74) is 0.524. The molecule has 1 aliphatic heterocycles. The van der Waals surface area contributed by atoms with Crippen LogP contribution in [0.25, 0.3) is 0 Å². The van der Waals surface area contributed by atoms with Crippen molar-refractivity contribution in [1.29, 1.82) is 0 Å². The van der Waals surface area contributed by atoms with Crippen LogP contribution in [0.1, 0.15) is 6.42 Å². The SMILES string of the molecule is O=C1CC(O)CN1c1ccc(O)cc1Cl. The quantitative estimate of drug-likeness (QED) is 0.757. The van der Waals surface area contributed by atoms with Crippen LogP contribution in [0, 0.1) is 0 Å². The summed E-state index contributed by atoms with van der Waals surface area (Å²) in [6.07, 6.45) is -0.514.